The second-order valence-corrected chi connectivity index (χ2v) is 20.3. The highest BCUT2D eigenvalue weighted by molar-refractivity contribution is 8.76. The van der Waals surface area contributed by atoms with Crippen LogP contribution in [0, 0.1) is 16.7 Å². The Balaban J connectivity index is 4.43. The van der Waals surface area contributed by atoms with Crippen molar-refractivity contribution in [1.82, 2.24) is 4.90 Å². The lowest BCUT2D eigenvalue weighted by Gasteiger charge is -2.36. The minimum Gasteiger partial charge on any atom is -0.461 e. The molecule has 0 aliphatic rings. The molecule has 7 heteroatoms. The standard InChI is InChI=1S/C47H89NO4S2/c1-9-11-13-15-17-25-31-37-51-44(49)35-29-23-19-21-27-33-43(39-53-54-42-47(5,6)40-46(3,4)41-48(7)8)34-28-22-20-24-30-36-45(50)52-38-32-26-18-16-14-12-10-2/h25-26,31-32,43H,9-24,27-30,33-42H2,1-8H3. The summed E-state index contributed by atoms with van der Waals surface area (Å²) in [6.07, 6.45) is 37.1. The van der Waals surface area contributed by atoms with E-state index >= 15 is 0 Å². The third-order valence-electron chi connectivity index (χ3n) is 9.99. The fourth-order valence-corrected chi connectivity index (χ4v) is 10.8. The monoisotopic (exact) mass is 796 g/mol. The highest BCUT2D eigenvalue weighted by atomic mass is 33.1. The van der Waals surface area contributed by atoms with Crippen LogP contribution >= 0.6 is 21.6 Å². The van der Waals surface area contributed by atoms with Gasteiger partial charge in [0.05, 0.1) is 0 Å². The number of hydrogen-bond acceptors (Lipinski definition) is 7. The Morgan fingerprint density at radius 1 is 0.574 bits per heavy atom. The Morgan fingerprint density at radius 2 is 1.02 bits per heavy atom. The first-order chi connectivity index (χ1) is 25.9. The third kappa shape index (κ3) is 38.0. The second-order valence-electron chi connectivity index (χ2n) is 17.8. The van der Waals surface area contributed by atoms with E-state index in [1.165, 1.54) is 121 Å². The van der Waals surface area contributed by atoms with Gasteiger partial charge in [0.2, 0.25) is 0 Å². The topological polar surface area (TPSA) is 55.8 Å². The maximum Gasteiger partial charge on any atom is 0.306 e. The Kier molecular flexibility index (Phi) is 35.8. The van der Waals surface area contributed by atoms with Crippen LogP contribution in [-0.4, -0.2) is 62.2 Å². The molecule has 0 aromatic rings. The lowest BCUT2D eigenvalue weighted by atomic mass is 9.76. The lowest BCUT2D eigenvalue weighted by molar-refractivity contribution is -0.143. The highest BCUT2D eigenvalue weighted by Gasteiger charge is 2.29. The molecule has 0 radical (unpaired) electrons. The number of unbranched alkanes of at least 4 members (excludes halogenated alkanes) is 16. The molecule has 0 spiro atoms. The molecular formula is C47H89NO4S2. The molecular weight excluding hydrogens is 707 g/mol. The van der Waals surface area contributed by atoms with Crippen molar-refractivity contribution in [3.63, 3.8) is 0 Å². The molecule has 0 aromatic carbocycles. The van der Waals surface area contributed by atoms with Crippen LogP contribution in [-0.2, 0) is 19.1 Å². The van der Waals surface area contributed by atoms with E-state index in [2.05, 4.69) is 94.3 Å². The van der Waals surface area contributed by atoms with Crippen molar-refractivity contribution >= 4 is 33.5 Å². The second kappa shape index (κ2) is 36.4. The van der Waals surface area contributed by atoms with E-state index in [0.717, 1.165) is 51.0 Å². The Bertz CT molecular complexity index is 881. The number of allylic oxidation sites excluding steroid dienone is 2. The summed E-state index contributed by atoms with van der Waals surface area (Å²) in [5.74, 6) is 3.08. The first kappa shape index (κ1) is 53.1. The van der Waals surface area contributed by atoms with Crippen molar-refractivity contribution in [1.29, 1.82) is 0 Å². The average molecular weight is 796 g/mol. The molecule has 0 saturated carbocycles. The van der Waals surface area contributed by atoms with E-state index in [0.29, 0.717) is 36.9 Å². The van der Waals surface area contributed by atoms with Crippen LogP contribution in [0.5, 0.6) is 0 Å². The predicted octanol–water partition coefficient (Wildman–Crippen LogP) is 14.6. The Morgan fingerprint density at radius 3 is 1.48 bits per heavy atom. The van der Waals surface area contributed by atoms with Crippen molar-refractivity contribution < 1.29 is 19.1 Å². The number of hydrogen-bond donors (Lipinski definition) is 0. The zero-order valence-electron chi connectivity index (χ0n) is 37.0. The summed E-state index contributed by atoms with van der Waals surface area (Å²) in [6, 6.07) is 0. The minimum atomic E-state index is -0.0548. The number of nitrogens with zero attached hydrogens (tertiary/aromatic N) is 1. The zero-order valence-corrected chi connectivity index (χ0v) is 38.6. The molecule has 0 rings (SSSR count). The summed E-state index contributed by atoms with van der Waals surface area (Å²) < 4.78 is 10.8. The molecule has 0 fully saturated rings. The highest BCUT2D eigenvalue weighted by Crippen LogP contribution is 2.40. The minimum absolute atomic E-state index is 0.0548. The van der Waals surface area contributed by atoms with Crippen LogP contribution < -0.4 is 0 Å². The number of rotatable bonds is 39. The number of carbonyl (C=O) groups is 2. The van der Waals surface area contributed by atoms with E-state index in [-0.39, 0.29) is 11.9 Å². The van der Waals surface area contributed by atoms with Crippen LogP contribution in [0.1, 0.15) is 202 Å². The predicted molar refractivity (Wildman–Crippen MR) is 241 cm³/mol. The summed E-state index contributed by atoms with van der Waals surface area (Å²) in [4.78, 5) is 26.5. The van der Waals surface area contributed by atoms with Crippen molar-refractivity contribution in [2.24, 2.45) is 16.7 Å². The number of ether oxygens (including phenoxy) is 2. The summed E-state index contributed by atoms with van der Waals surface area (Å²) in [6.45, 7) is 16.1. The van der Waals surface area contributed by atoms with Crippen LogP contribution in [0.25, 0.3) is 0 Å². The quantitative estimate of drug-likeness (QED) is 0.0266. The van der Waals surface area contributed by atoms with Gasteiger partial charge in [0, 0.05) is 30.9 Å². The lowest BCUT2D eigenvalue weighted by Crippen LogP contribution is -2.33. The normalized spacial score (nSPS) is 13.1. The number of carbonyl (C=O) groups excluding carboxylic acids is 2. The molecule has 0 N–H and O–H groups in total. The summed E-state index contributed by atoms with van der Waals surface area (Å²) in [5.41, 5.74) is 0.636. The Labute approximate surface area is 344 Å². The summed E-state index contributed by atoms with van der Waals surface area (Å²) in [7, 11) is 8.55. The van der Waals surface area contributed by atoms with Gasteiger partial charge in [-0.05, 0) is 88.6 Å². The van der Waals surface area contributed by atoms with Crippen molar-refractivity contribution in [2.45, 2.75) is 202 Å². The summed E-state index contributed by atoms with van der Waals surface area (Å²) in [5, 5.41) is 0. The molecule has 0 aromatic heterocycles. The molecule has 0 aliphatic carbocycles. The van der Waals surface area contributed by atoms with Crippen molar-refractivity contribution in [2.75, 3.05) is 45.4 Å². The molecule has 318 valence electrons. The van der Waals surface area contributed by atoms with E-state index in [4.69, 9.17) is 9.47 Å². The molecule has 0 heterocycles. The maximum absolute atomic E-state index is 12.1. The largest absolute Gasteiger partial charge is 0.461 e. The molecule has 0 unspecified atom stereocenters. The van der Waals surface area contributed by atoms with Gasteiger partial charge in [0.1, 0.15) is 13.2 Å². The van der Waals surface area contributed by atoms with Gasteiger partial charge >= 0.3 is 11.9 Å². The average Bonchev–Trinajstić information content (AvgIpc) is 3.10. The summed E-state index contributed by atoms with van der Waals surface area (Å²) >= 11 is 0. The van der Waals surface area contributed by atoms with Gasteiger partial charge in [-0.3, -0.25) is 9.59 Å². The van der Waals surface area contributed by atoms with Gasteiger partial charge in [-0.1, -0.05) is 177 Å². The van der Waals surface area contributed by atoms with E-state index in [1.54, 1.807) is 0 Å². The fraction of sp³-hybridized carbons (Fsp3) is 0.872. The van der Waals surface area contributed by atoms with Crippen LogP contribution in [0.15, 0.2) is 24.3 Å². The van der Waals surface area contributed by atoms with Gasteiger partial charge < -0.3 is 14.4 Å². The number of esters is 2. The third-order valence-corrected chi connectivity index (χ3v) is 12.9. The van der Waals surface area contributed by atoms with Gasteiger partial charge in [0.25, 0.3) is 0 Å². The van der Waals surface area contributed by atoms with Crippen LogP contribution in [0.2, 0.25) is 0 Å². The molecule has 54 heavy (non-hydrogen) atoms. The van der Waals surface area contributed by atoms with Gasteiger partial charge in [-0.15, -0.1) is 0 Å². The van der Waals surface area contributed by atoms with E-state index < -0.39 is 0 Å². The van der Waals surface area contributed by atoms with Gasteiger partial charge in [-0.25, -0.2) is 0 Å². The van der Waals surface area contributed by atoms with Gasteiger partial charge in [-0.2, -0.15) is 0 Å². The van der Waals surface area contributed by atoms with Crippen molar-refractivity contribution in [3.05, 3.63) is 24.3 Å². The van der Waals surface area contributed by atoms with E-state index in [9.17, 15) is 9.59 Å². The zero-order chi connectivity index (χ0) is 40.2. The first-order valence-corrected chi connectivity index (χ1v) is 24.9. The molecule has 0 saturated heterocycles. The maximum atomic E-state index is 12.1. The van der Waals surface area contributed by atoms with Crippen LogP contribution in [0.4, 0.5) is 0 Å². The van der Waals surface area contributed by atoms with Crippen molar-refractivity contribution in [3.8, 4) is 0 Å². The molecule has 0 atom stereocenters. The molecule has 0 amide bonds. The smallest absolute Gasteiger partial charge is 0.306 e. The van der Waals surface area contributed by atoms with E-state index in [1.807, 2.05) is 12.2 Å². The molecule has 0 bridgehead atoms. The first-order valence-electron chi connectivity index (χ1n) is 22.4. The molecule has 0 aliphatic heterocycles. The Hall–Kier alpha value is -0.920. The fourth-order valence-electron chi connectivity index (χ4n) is 7.56. The SMILES string of the molecule is CCCCCCC=CCOC(=O)CCCCCCCC(CCCCCCCC(=O)OCC=CCCCCCC)CSSCC(C)(C)CC(C)(C)CN(C)C. The molecule has 5 nitrogen and oxygen atoms in total. The van der Waals surface area contributed by atoms with Crippen LogP contribution in [0.3, 0.4) is 0 Å². The van der Waals surface area contributed by atoms with Gasteiger partial charge in [0.15, 0.2) is 0 Å².